The van der Waals surface area contributed by atoms with Crippen LogP contribution in [0.25, 0.3) is 11.0 Å². The summed E-state index contributed by atoms with van der Waals surface area (Å²) in [6, 6.07) is 5.19. The van der Waals surface area contributed by atoms with Gasteiger partial charge in [-0.15, -0.1) is 0 Å². The second-order valence-electron chi connectivity index (χ2n) is 3.25. The Kier molecular flexibility index (Phi) is 9.16. The molecule has 0 saturated heterocycles. The number of benzene rings is 1. The number of nitrogens with one attached hydrogen (secondary N) is 2. The Balaban J connectivity index is 0. The van der Waals surface area contributed by atoms with Crippen molar-refractivity contribution in [3.05, 3.63) is 44.9 Å². The molecule has 0 saturated carbocycles. The van der Waals surface area contributed by atoms with Gasteiger partial charge in [0.2, 0.25) is 0 Å². The molecule has 0 atom stereocenters. The third kappa shape index (κ3) is 5.77. The number of nitrogen functional groups attached to an aromatic ring is 1. The number of aromatic nitrogens is 2. The molecule has 2 rings (SSSR count). The molecule has 0 aliphatic rings. The maximum absolute atomic E-state index is 11.2. The molecule has 1 amide bonds. The van der Waals surface area contributed by atoms with Gasteiger partial charge in [0.15, 0.2) is 0 Å². The van der Waals surface area contributed by atoms with Crippen molar-refractivity contribution < 1.29 is 37.7 Å². The van der Waals surface area contributed by atoms with Crippen LogP contribution in [-0.4, -0.2) is 26.4 Å². The number of aryl methyl sites for hydroxylation is 1. The van der Waals surface area contributed by atoms with Gasteiger partial charge in [0.1, 0.15) is 5.82 Å². The van der Waals surface area contributed by atoms with Gasteiger partial charge in [0.25, 0.3) is 5.91 Å². The third-order valence-electron chi connectivity index (χ3n) is 1.99. The van der Waals surface area contributed by atoms with Crippen LogP contribution in [0.2, 0.25) is 0 Å². The Labute approximate surface area is 128 Å². The predicted molar refractivity (Wildman–Crippen MR) is 66.5 cm³/mol. The van der Waals surface area contributed by atoms with Gasteiger partial charge in [-0.2, -0.15) is 0 Å². The summed E-state index contributed by atoms with van der Waals surface area (Å²) in [6.45, 7) is 1.86. The van der Waals surface area contributed by atoms with E-state index < -0.39 is 5.09 Å². The summed E-state index contributed by atoms with van der Waals surface area (Å²) in [7, 11) is 0. The quantitative estimate of drug-likeness (QED) is 0.196. The van der Waals surface area contributed by atoms with E-state index in [1.54, 1.807) is 18.2 Å². The van der Waals surface area contributed by atoms with Gasteiger partial charge in [-0.05, 0) is 25.1 Å². The zero-order valence-corrected chi connectivity index (χ0v) is 11.6. The number of carbonyl (C=O) groups excluding carboxylic acids is 1. The molecule has 1 aromatic carbocycles. The van der Waals surface area contributed by atoms with E-state index in [4.69, 9.17) is 21.2 Å². The number of imidazole rings is 1. The second kappa shape index (κ2) is 9.01. The summed E-state index contributed by atoms with van der Waals surface area (Å²) in [5.74, 6) is 5.55. The molecule has 0 aliphatic carbocycles. The number of amides is 1. The SMILES string of the molecule is Cc1nc2ccc(C(=O)NN)cc2[nH]1.O.O=[N+]([O-])[O-].[Ag+]. The molecule has 10 nitrogen and oxygen atoms in total. The Morgan fingerprint density at radius 1 is 1.45 bits per heavy atom. The van der Waals surface area contributed by atoms with Crippen LogP contribution in [0.4, 0.5) is 0 Å². The number of carbonyl (C=O) groups is 1. The van der Waals surface area contributed by atoms with Crippen LogP contribution >= 0.6 is 0 Å². The number of fused-ring (bicyclic) bond motifs is 1. The molecule has 1 aromatic heterocycles. The summed E-state index contributed by atoms with van der Waals surface area (Å²) in [5.41, 5.74) is 4.28. The van der Waals surface area contributed by atoms with Crippen LogP contribution in [0.1, 0.15) is 16.2 Å². The van der Waals surface area contributed by atoms with E-state index in [1.807, 2.05) is 6.92 Å². The predicted octanol–water partition coefficient (Wildman–Crippen LogP) is -0.591. The molecule has 11 heteroatoms. The summed E-state index contributed by atoms with van der Waals surface area (Å²) in [4.78, 5) is 26.7. The molecular formula is C9H12AgN5O5. The van der Waals surface area contributed by atoms with Crippen LogP contribution in [0, 0.1) is 22.2 Å². The van der Waals surface area contributed by atoms with Crippen LogP contribution in [0.3, 0.4) is 0 Å². The zero-order chi connectivity index (χ0) is 13.7. The molecule has 0 fully saturated rings. The molecule has 2 aromatic rings. The first-order valence-corrected chi connectivity index (χ1v) is 4.73. The van der Waals surface area contributed by atoms with Gasteiger partial charge < -0.3 is 25.8 Å². The van der Waals surface area contributed by atoms with Crippen LogP contribution < -0.4 is 11.3 Å². The van der Waals surface area contributed by atoms with E-state index in [0.29, 0.717) is 5.56 Å². The normalized spacial score (nSPS) is 8.50. The minimum Gasteiger partial charge on any atom is -0.412 e. The molecule has 20 heavy (non-hydrogen) atoms. The minimum absolute atomic E-state index is 0. The van der Waals surface area contributed by atoms with Gasteiger partial charge in [-0.3, -0.25) is 10.2 Å². The van der Waals surface area contributed by atoms with E-state index in [1.165, 1.54) is 0 Å². The van der Waals surface area contributed by atoms with Crippen molar-refractivity contribution in [2.24, 2.45) is 5.84 Å². The van der Waals surface area contributed by atoms with Crippen molar-refractivity contribution in [1.82, 2.24) is 15.4 Å². The molecule has 0 radical (unpaired) electrons. The van der Waals surface area contributed by atoms with E-state index in [-0.39, 0.29) is 33.8 Å². The molecule has 0 unspecified atom stereocenters. The Bertz CT molecular complexity index is 583. The summed E-state index contributed by atoms with van der Waals surface area (Å²) < 4.78 is 0. The number of nitrogens with two attached hydrogens (primary N) is 1. The van der Waals surface area contributed by atoms with Gasteiger partial charge in [-0.25, -0.2) is 10.8 Å². The maximum atomic E-state index is 11.2. The number of nitrogens with zero attached hydrogens (tertiary/aromatic N) is 2. The van der Waals surface area contributed by atoms with E-state index in [9.17, 15) is 4.79 Å². The second-order valence-corrected chi connectivity index (χ2v) is 3.25. The van der Waals surface area contributed by atoms with Gasteiger partial charge >= 0.3 is 22.4 Å². The van der Waals surface area contributed by atoms with Crippen molar-refractivity contribution in [2.75, 3.05) is 0 Å². The van der Waals surface area contributed by atoms with Crippen LogP contribution in [-0.2, 0) is 22.4 Å². The molecule has 0 aliphatic heterocycles. The average molecular weight is 378 g/mol. The average Bonchev–Trinajstić information content (AvgIpc) is 2.66. The standard InChI is InChI=1S/C9H10N4O.Ag.NO3.H2O/c1-5-11-7-3-2-6(9(14)13-10)4-8(7)12-5;;2-1(3)4;/h2-4H,10H2,1H3,(H,11,12)(H,13,14);;;1H2/q;+1;-1;. The topological polar surface area (TPSA) is 182 Å². The zero-order valence-electron chi connectivity index (χ0n) is 10.1. The summed E-state index contributed by atoms with van der Waals surface area (Å²) in [5, 5.41) is 14.8. The molecule has 0 spiro atoms. The van der Waals surface area contributed by atoms with Crippen LogP contribution in [0.5, 0.6) is 0 Å². The monoisotopic (exact) mass is 377 g/mol. The van der Waals surface area contributed by atoms with Crippen molar-refractivity contribution >= 4 is 16.9 Å². The summed E-state index contributed by atoms with van der Waals surface area (Å²) >= 11 is 0. The number of H-pyrrole nitrogens is 1. The first-order chi connectivity index (χ1) is 8.43. The number of aromatic amines is 1. The first-order valence-electron chi connectivity index (χ1n) is 4.73. The Morgan fingerprint density at radius 2 is 2.00 bits per heavy atom. The third-order valence-corrected chi connectivity index (χ3v) is 1.99. The van der Waals surface area contributed by atoms with Gasteiger partial charge in [-0.1, -0.05) is 0 Å². The molecule has 6 N–H and O–H groups in total. The number of hydrogen-bond acceptors (Lipinski definition) is 6. The number of rotatable bonds is 1. The van der Waals surface area contributed by atoms with Crippen molar-refractivity contribution in [1.29, 1.82) is 0 Å². The van der Waals surface area contributed by atoms with Crippen molar-refractivity contribution in [2.45, 2.75) is 6.92 Å². The van der Waals surface area contributed by atoms with E-state index >= 15 is 0 Å². The molecular weight excluding hydrogens is 366 g/mol. The largest absolute Gasteiger partial charge is 1.00 e. The van der Waals surface area contributed by atoms with Gasteiger partial charge in [0.05, 0.1) is 16.1 Å². The number of hydrogen-bond donors (Lipinski definition) is 3. The van der Waals surface area contributed by atoms with Gasteiger partial charge in [0, 0.05) is 5.56 Å². The number of hydrazine groups is 1. The molecule has 114 valence electrons. The minimum atomic E-state index is -1.75. The first kappa shape index (κ1) is 20.3. The van der Waals surface area contributed by atoms with Crippen molar-refractivity contribution in [3.8, 4) is 0 Å². The summed E-state index contributed by atoms with van der Waals surface area (Å²) in [6.07, 6.45) is 0. The Hall–Kier alpha value is -1.98. The fraction of sp³-hybridized carbons (Fsp3) is 0.111. The van der Waals surface area contributed by atoms with E-state index in [2.05, 4.69) is 15.4 Å². The smallest absolute Gasteiger partial charge is 0.412 e. The Morgan fingerprint density at radius 3 is 2.50 bits per heavy atom. The fourth-order valence-electron chi connectivity index (χ4n) is 1.36. The maximum Gasteiger partial charge on any atom is 1.00 e. The van der Waals surface area contributed by atoms with E-state index in [0.717, 1.165) is 16.9 Å². The molecule has 0 bridgehead atoms. The molecule has 1 heterocycles. The fourth-order valence-corrected chi connectivity index (χ4v) is 1.36. The van der Waals surface area contributed by atoms with Crippen molar-refractivity contribution in [3.63, 3.8) is 0 Å². The van der Waals surface area contributed by atoms with Crippen LogP contribution in [0.15, 0.2) is 18.2 Å².